The fraction of sp³-hybridized carbons (Fsp3) is 0.231. The van der Waals surface area contributed by atoms with Crippen molar-refractivity contribution in [2.24, 2.45) is 0 Å². The van der Waals surface area contributed by atoms with Crippen molar-refractivity contribution < 1.29 is 27.2 Å². The zero-order valence-corrected chi connectivity index (χ0v) is 12.8. The van der Waals surface area contributed by atoms with Gasteiger partial charge in [0.25, 0.3) is 11.8 Å². The normalized spacial score (nSPS) is 11.3. The number of anilines is 1. The molecule has 22 heavy (non-hydrogen) atoms. The number of aromatic nitrogens is 1. The summed E-state index contributed by atoms with van der Waals surface area (Å²) in [6.07, 6.45) is -4.52. The Morgan fingerprint density at radius 1 is 1.41 bits per heavy atom. The maximum atomic E-state index is 12.8. The largest absolute Gasteiger partial charge is 0.465 e. The van der Waals surface area contributed by atoms with Gasteiger partial charge in [0.1, 0.15) is 5.76 Å². The number of hydrogen-bond acceptors (Lipinski definition) is 4. The van der Waals surface area contributed by atoms with Gasteiger partial charge in [-0.15, -0.1) is 0 Å². The lowest BCUT2D eigenvalue weighted by Crippen LogP contribution is -2.20. The van der Waals surface area contributed by atoms with Crippen LogP contribution >= 0.6 is 15.9 Å². The van der Waals surface area contributed by atoms with Crippen molar-refractivity contribution in [3.8, 4) is 5.88 Å². The summed E-state index contributed by atoms with van der Waals surface area (Å²) in [4.78, 5) is 11.7. The molecule has 0 spiro atoms. The molecule has 0 fully saturated rings. The topological polar surface area (TPSA) is 64.4 Å². The van der Waals surface area contributed by atoms with Crippen molar-refractivity contribution in [3.63, 3.8) is 0 Å². The van der Waals surface area contributed by atoms with Gasteiger partial charge in [0.15, 0.2) is 6.61 Å². The summed E-state index contributed by atoms with van der Waals surface area (Å²) < 4.78 is 47.9. The third-order valence-corrected chi connectivity index (χ3v) is 3.20. The zero-order valence-electron chi connectivity index (χ0n) is 11.2. The number of carbonyl (C=O) groups is 1. The first-order valence-corrected chi connectivity index (χ1v) is 6.78. The number of rotatable bonds is 4. The van der Waals surface area contributed by atoms with Crippen LogP contribution in [-0.2, 0) is 11.0 Å². The Morgan fingerprint density at radius 2 is 2.14 bits per heavy atom. The molecule has 118 valence electrons. The van der Waals surface area contributed by atoms with E-state index in [0.29, 0.717) is 5.76 Å². The summed E-state index contributed by atoms with van der Waals surface area (Å²) in [5.41, 5.74) is -0.862. The monoisotopic (exact) mass is 378 g/mol. The Bertz CT molecular complexity index is 685. The molecule has 0 atom stereocenters. The van der Waals surface area contributed by atoms with Gasteiger partial charge in [-0.1, -0.05) is 15.9 Å². The van der Waals surface area contributed by atoms with E-state index in [9.17, 15) is 18.0 Å². The number of nitrogens with one attached hydrogen (secondary N) is 1. The van der Waals surface area contributed by atoms with Crippen molar-refractivity contribution in [1.29, 1.82) is 0 Å². The number of halogens is 4. The predicted molar refractivity (Wildman–Crippen MR) is 74.5 cm³/mol. The number of benzene rings is 1. The molecule has 0 unspecified atom stereocenters. The van der Waals surface area contributed by atoms with Crippen LogP contribution in [0.15, 0.2) is 33.3 Å². The molecular formula is C13H10BrF3N2O3. The van der Waals surface area contributed by atoms with Crippen molar-refractivity contribution in [2.75, 3.05) is 11.9 Å². The van der Waals surface area contributed by atoms with E-state index in [0.717, 1.165) is 6.07 Å². The second-order valence-corrected chi connectivity index (χ2v) is 5.16. The molecule has 0 saturated heterocycles. The van der Waals surface area contributed by atoms with E-state index in [2.05, 4.69) is 26.4 Å². The van der Waals surface area contributed by atoms with Crippen molar-refractivity contribution >= 4 is 27.5 Å². The third kappa shape index (κ3) is 4.23. The molecule has 0 bridgehead atoms. The Hall–Kier alpha value is -2.03. The summed E-state index contributed by atoms with van der Waals surface area (Å²) in [6, 6.07) is 4.87. The third-order valence-electron chi connectivity index (χ3n) is 2.51. The lowest BCUT2D eigenvalue weighted by molar-refractivity contribution is -0.138. The lowest BCUT2D eigenvalue weighted by Gasteiger charge is -2.12. The van der Waals surface area contributed by atoms with E-state index < -0.39 is 24.3 Å². The van der Waals surface area contributed by atoms with Gasteiger partial charge in [0.2, 0.25) is 0 Å². The maximum Gasteiger partial charge on any atom is 0.417 e. The fourth-order valence-corrected chi connectivity index (χ4v) is 2.04. The van der Waals surface area contributed by atoms with E-state index in [1.807, 2.05) is 0 Å². The summed E-state index contributed by atoms with van der Waals surface area (Å²) in [7, 11) is 0. The molecule has 2 rings (SSSR count). The molecule has 9 heteroatoms. The van der Waals surface area contributed by atoms with Crippen LogP contribution < -0.4 is 10.1 Å². The molecule has 0 aliphatic heterocycles. The van der Waals surface area contributed by atoms with Crippen molar-refractivity contribution in [3.05, 3.63) is 40.1 Å². The van der Waals surface area contributed by atoms with Crippen LogP contribution in [0.25, 0.3) is 0 Å². The highest BCUT2D eigenvalue weighted by Gasteiger charge is 2.33. The molecule has 1 aromatic heterocycles. The first kappa shape index (κ1) is 16.3. The smallest absolute Gasteiger partial charge is 0.417 e. The van der Waals surface area contributed by atoms with Crippen LogP contribution in [0.5, 0.6) is 5.88 Å². The summed E-state index contributed by atoms with van der Waals surface area (Å²) in [6.45, 7) is 1.25. The number of alkyl halides is 3. The number of ether oxygens (including phenoxy) is 1. The number of carbonyl (C=O) groups excluding carboxylic acids is 1. The molecule has 0 aliphatic carbocycles. The fourth-order valence-electron chi connectivity index (χ4n) is 1.57. The van der Waals surface area contributed by atoms with Gasteiger partial charge in [-0.25, -0.2) is 0 Å². The molecule has 0 aliphatic rings. The van der Waals surface area contributed by atoms with Crippen LogP contribution in [0, 0.1) is 6.92 Å². The van der Waals surface area contributed by atoms with Gasteiger partial charge in [0.05, 0.1) is 5.56 Å². The first-order chi connectivity index (χ1) is 10.3. The average Bonchev–Trinajstić information content (AvgIpc) is 2.83. The molecular weight excluding hydrogens is 369 g/mol. The van der Waals surface area contributed by atoms with Crippen LogP contribution in [0.1, 0.15) is 11.3 Å². The van der Waals surface area contributed by atoms with Crippen LogP contribution in [0.4, 0.5) is 18.9 Å². The van der Waals surface area contributed by atoms with Gasteiger partial charge < -0.3 is 14.6 Å². The van der Waals surface area contributed by atoms with Gasteiger partial charge in [-0.05, 0) is 30.3 Å². The quantitative estimate of drug-likeness (QED) is 0.878. The van der Waals surface area contributed by atoms with E-state index in [1.165, 1.54) is 18.2 Å². The predicted octanol–water partition coefficient (Wildman–Crippen LogP) is 3.78. The highest BCUT2D eigenvalue weighted by atomic mass is 79.9. The molecule has 1 N–H and O–H groups in total. The summed E-state index contributed by atoms with van der Waals surface area (Å²) in [5, 5.41) is 5.84. The van der Waals surface area contributed by atoms with E-state index in [-0.39, 0.29) is 16.0 Å². The maximum absolute atomic E-state index is 12.8. The van der Waals surface area contributed by atoms with Gasteiger partial charge >= 0.3 is 6.18 Å². The Kier molecular flexibility index (Phi) is 4.74. The molecule has 0 saturated carbocycles. The highest BCUT2D eigenvalue weighted by molar-refractivity contribution is 9.10. The molecule has 2 aromatic rings. The Balaban J connectivity index is 1.99. The second kappa shape index (κ2) is 6.39. The van der Waals surface area contributed by atoms with Gasteiger partial charge in [-0.3, -0.25) is 4.79 Å². The average molecular weight is 379 g/mol. The Morgan fingerprint density at radius 3 is 2.73 bits per heavy atom. The molecule has 1 aromatic carbocycles. The van der Waals surface area contributed by atoms with Crippen LogP contribution in [-0.4, -0.2) is 17.7 Å². The SMILES string of the molecule is Cc1cc(OCC(=O)Nc2ccc(Br)c(C(F)(F)F)c2)no1. The minimum atomic E-state index is -4.52. The van der Waals surface area contributed by atoms with E-state index in [4.69, 9.17) is 9.26 Å². The first-order valence-electron chi connectivity index (χ1n) is 5.98. The zero-order chi connectivity index (χ0) is 16.3. The number of amides is 1. The van der Waals surface area contributed by atoms with E-state index >= 15 is 0 Å². The number of aryl methyl sites for hydroxylation is 1. The second-order valence-electron chi connectivity index (χ2n) is 4.31. The number of hydrogen-bond donors (Lipinski definition) is 1. The summed E-state index contributed by atoms with van der Waals surface area (Å²) in [5.74, 6) is 0.0219. The van der Waals surface area contributed by atoms with Crippen LogP contribution in [0.2, 0.25) is 0 Å². The van der Waals surface area contributed by atoms with Crippen molar-refractivity contribution in [2.45, 2.75) is 13.1 Å². The minimum Gasteiger partial charge on any atom is -0.465 e. The standard InChI is InChI=1S/C13H10BrF3N2O3/c1-7-4-12(19-22-7)21-6-11(20)18-8-2-3-10(14)9(5-8)13(15,16)17/h2-5H,6H2,1H3,(H,18,20). The molecule has 1 heterocycles. The van der Waals surface area contributed by atoms with Crippen LogP contribution in [0.3, 0.4) is 0 Å². The highest BCUT2D eigenvalue weighted by Crippen LogP contribution is 2.36. The molecule has 0 radical (unpaired) electrons. The summed E-state index contributed by atoms with van der Waals surface area (Å²) >= 11 is 2.82. The molecule has 1 amide bonds. The Labute approximate surface area is 131 Å². The minimum absolute atomic E-state index is 0.0143. The lowest BCUT2D eigenvalue weighted by atomic mass is 10.2. The van der Waals surface area contributed by atoms with Gasteiger partial charge in [-0.2, -0.15) is 13.2 Å². The van der Waals surface area contributed by atoms with Gasteiger partial charge in [0, 0.05) is 16.2 Å². The van der Waals surface area contributed by atoms with E-state index in [1.54, 1.807) is 6.92 Å². The van der Waals surface area contributed by atoms with Crippen molar-refractivity contribution in [1.82, 2.24) is 5.16 Å². The number of nitrogens with zero attached hydrogens (tertiary/aromatic N) is 1. The molecule has 5 nitrogen and oxygen atoms in total.